The van der Waals surface area contributed by atoms with E-state index in [2.05, 4.69) is 15.4 Å². The Balaban J connectivity index is 2.38. The summed E-state index contributed by atoms with van der Waals surface area (Å²) in [6, 6.07) is 7.78. The topological polar surface area (TPSA) is 84.1 Å². The van der Waals surface area contributed by atoms with Crippen LogP contribution in [0.4, 0.5) is 5.82 Å². The third-order valence-corrected chi connectivity index (χ3v) is 3.33. The molecule has 0 saturated heterocycles. The maximum absolute atomic E-state index is 11.1. The summed E-state index contributed by atoms with van der Waals surface area (Å²) in [6.07, 6.45) is 0. The Kier molecular flexibility index (Phi) is 4.18. The number of amides is 1. The Morgan fingerprint density at radius 3 is 2.79 bits per heavy atom. The van der Waals surface area contributed by atoms with Crippen LogP contribution < -0.4 is 16.2 Å². The second kappa shape index (κ2) is 5.85. The summed E-state index contributed by atoms with van der Waals surface area (Å²) >= 11 is 1.26. The Hall–Kier alpha value is -1.86. The van der Waals surface area contributed by atoms with Gasteiger partial charge in [0, 0.05) is 19.5 Å². The number of anilines is 1. The summed E-state index contributed by atoms with van der Waals surface area (Å²) in [6.45, 7) is 0. The average Bonchev–Trinajstić information content (AvgIpc) is 2.43. The molecule has 1 aromatic carbocycles. The molecule has 2 aromatic rings. The van der Waals surface area contributed by atoms with E-state index in [1.807, 2.05) is 43.3 Å². The van der Waals surface area contributed by atoms with Gasteiger partial charge in [-0.15, -0.1) is 0 Å². The first-order chi connectivity index (χ1) is 9.11. The smallest absolute Gasteiger partial charge is 0.244 e. The number of fused-ring (bicyclic) bond motifs is 1. The van der Waals surface area contributed by atoms with E-state index in [4.69, 9.17) is 5.84 Å². The van der Waals surface area contributed by atoms with Crippen LogP contribution >= 0.6 is 11.8 Å². The van der Waals surface area contributed by atoms with Crippen LogP contribution in [0.25, 0.3) is 10.9 Å². The Labute approximate surface area is 115 Å². The first kappa shape index (κ1) is 13.6. The van der Waals surface area contributed by atoms with Crippen LogP contribution in [-0.4, -0.2) is 35.7 Å². The largest absolute Gasteiger partial charge is 0.362 e. The fourth-order valence-electron chi connectivity index (χ4n) is 1.62. The highest BCUT2D eigenvalue weighted by Gasteiger charge is 2.10. The summed E-state index contributed by atoms with van der Waals surface area (Å²) < 4.78 is 0. The van der Waals surface area contributed by atoms with Crippen molar-refractivity contribution in [2.45, 2.75) is 5.16 Å². The average molecular weight is 277 g/mol. The molecular weight excluding hydrogens is 262 g/mol. The minimum Gasteiger partial charge on any atom is -0.362 e. The highest BCUT2D eigenvalue weighted by Crippen LogP contribution is 2.25. The third kappa shape index (κ3) is 3.12. The van der Waals surface area contributed by atoms with Gasteiger partial charge in [-0.2, -0.15) is 0 Å². The summed E-state index contributed by atoms with van der Waals surface area (Å²) in [5.41, 5.74) is 2.94. The molecule has 1 amide bonds. The lowest BCUT2D eigenvalue weighted by Gasteiger charge is -2.14. The number of thioether (sulfide) groups is 1. The molecule has 3 N–H and O–H groups in total. The fourth-order valence-corrected chi connectivity index (χ4v) is 2.27. The highest BCUT2D eigenvalue weighted by molar-refractivity contribution is 7.99. The van der Waals surface area contributed by atoms with E-state index in [1.54, 1.807) is 0 Å². The predicted molar refractivity (Wildman–Crippen MR) is 76.9 cm³/mol. The van der Waals surface area contributed by atoms with Crippen molar-refractivity contribution in [3.05, 3.63) is 24.3 Å². The lowest BCUT2D eigenvalue weighted by molar-refractivity contribution is -0.118. The van der Waals surface area contributed by atoms with Crippen molar-refractivity contribution < 1.29 is 4.79 Å². The minimum atomic E-state index is -0.256. The van der Waals surface area contributed by atoms with Crippen LogP contribution in [0.15, 0.2) is 29.4 Å². The molecule has 1 aromatic heterocycles. The molecule has 0 atom stereocenters. The molecule has 19 heavy (non-hydrogen) atoms. The number of hydrogen-bond acceptors (Lipinski definition) is 6. The van der Waals surface area contributed by atoms with Crippen LogP contribution in [0.3, 0.4) is 0 Å². The van der Waals surface area contributed by atoms with Gasteiger partial charge in [0.25, 0.3) is 0 Å². The Morgan fingerprint density at radius 2 is 2.11 bits per heavy atom. The molecule has 0 unspecified atom stereocenters. The highest BCUT2D eigenvalue weighted by atomic mass is 32.2. The zero-order valence-corrected chi connectivity index (χ0v) is 11.6. The number of nitrogens with two attached hydrogens (primary N) is 1. The zero-order valence-electron chi connectivity index (χ0n) is 10.8. The number of benzene rings is 1. The normalized spacial score (nSPS) is 10.5. The summed E-state index contributed by atoms with van der Waals surface area (Å²) in [7, 11) is 3.85. The van der Waals surface area contributed by atoms with E-state index >= 15 is 0 Å². The van der Waals surface area contributed by atoms with Gasteiger partial charge in [0.2, 0.25) is 5.91 Å². The number of nitrogens with zero attached hydrogens (tertiary/aromatic N) is 3. The standard InChI is InChI=1S/C12H15N5OS/c1-17(2)11-8-5-3-4-6-9(8)14-12(15-11)19-7-10(18)16-13/h3-6H,7,13H2,1-2H3,(H,16,18). The second-order valence-corrected chi connectivity index (χ2v) is 5.04. The molecule has 7 heteroatoms. The second-order valence-electron chi connectivity index (χ2n) is 4.10. The van der Waals surface area contributed by atoms with Crippen LogP contribution in [0.1, 0.15) is 0 Å². The molecule has 2 rings (SSSR count). The molecule has 0 radical (unpaired) electrons. The third-order valence-electron chi connectivity index (χ3n) is 2.48. The maximum Gasteiger partial charge on any atom is 0.244 e. The molecule has 100 valence electrons. The van der Waals surface area contributed by atoms with Gasteiger partial charge in [-0.05, 0) is 12.1 Å². The number of carbonyl (C=O) groups is 1. The number of aromatic nitrogens is 2. The van der Waals surface area contributed by atoms with E-state index in [9.17, 15) is 4.79 Å². The SMILES string of the molecule is CN(C)c1nc(SCC(=O)NN)nc2ccccc12. The molecule has 1 heterocycles. The molecule has 0 aliphatic rings. The molecule has 0 fully saturated rings. The molecule has 0 spiro atoms. The van der Waals surface area contributed by atoms with Crippen molar-refractivity contribution in [1.82, 2.24) is 15.4 Å². The first-order valence-corrected chi connectivity index (χ1v) is 6.66. The van der Waals surface area contributed by atoms with Gasteiger partial charge < -0.3 is 4.90 Å². The van der Waals surface area contributed by atoms with E-state index in [-0.39, 0.29) is 11.7 Å². The molecular formula is C12H15N5OS. The number of para-hydroxylation sites is 1. The number of carbonyl (C=O) groups excluding carboxylic acids is 1. The van der Waals surface area contributed by atoms with E-state index < -0.39 is 0 Å². The summed E-state index contributed by atoms with van der Waals surface area (Å²) in [5, 5.41) is 1.55. The van der Waals surface area contributed by atoms with Gasteiger partial charge >= 0.3 is 0 Å². The fraction of sp³-hybridized carbons (Fsp3) is 0.250. The van der Waals surface area contributed by atoms with E-state index in [0.29, 0.717) is 5.16 Å². The van der Waals surface area contributed by atoms with Crippen molar-refractivity contribution in [2.75, 3.05) is 24.7 Å². The van der Waals surface area contributed by atoms with Crippen LogP contribution in [0.2, 0.25) is 0 Å². The molecule has 0 aliphatic carbocycles. The number of nitrogens with one attached hydrogen (secondary N) is 1. The van der Waals surface area contributed by atoms with Gasteiger partial charge in [-0.25, -0.2) is 15.8 Å². The molecule has 6 nitrogen and oxygen atoms in total. The van der Waals surface area contributed by atoms with Crippen molar-refractivity contribution >= 4 is 34.4 Å². The van der Waals surface area contributed by atoms with E-state index in [0.717, 1.165) is 16.7 Å². The summed E-state index contributed by atoms with van der Waals surface area (Å²) in [4.78, 5) is 22.0. The van der Waals surface area contributed by atoms with Crippen molar-refractivity contribution in [3.63, 3.8) is 0 Å². The number of hydrazine groups is 1. The van der Waals surface area contributed by atoms with Gasteiger partial charge in [-0.1, -0.05) is 23.9 Å². The number of rotatable bonds is 4. The lowest BCUT2D eigenvalue weighted by Crippen LogP contribution is -2.31. The first-order valence-electron chi connectivity index (χ1n) is 5.68. The quantitative estimate of drug-likeness (QED) is 0.282. The van der Waals surface area contributed by atoms with Crippen LogP contribution in [0, 0.1) is 0 Å². The van der Waals surface area contributed by atoms with Crippen LogP contribution in [0.5, 0.6) is 0 Å². The van der Waals surface area contributed by atoms with Crippen molar-refractivity contribution in [3.8, 4) is 0 Å². The maximum atomic E-state index is 11.1. The molecule has 0 bridgehead atoms. The van der Waals surface area contributed by atoms with Crippen LogP contribution in [-0.2, 0) is 4.79 Å². The zero-order chi connectivity index (χ0) is 13.8. The monoisotopic (exact) mass is 277 g/mol. The predicted octanol–water partition coefficient (Wildman–Crippen LogP) is 0.778. The molecule has 0 aliphatic heterocycles. The Morgan fingerprint density at radius 1 is 1.37 bits per heavy atom. The lowest BCUT2D eigenvalue weighted by atomic mass is 10.2. The minimum absolute atomic E-state index is 0.196. The molecule has 0 saturated carbocycles. The number of hydrogen-bond donors (Lipinski definition) is 2. The van der Waals surface area contributed by atoms with Crippen molar-refractivity contribution in [2.24, 2.45) is 5.84 Å². The van der Waals surface area contributed by atoms with E-state index in [1.165, 1.54) is 11.8 Å². The van der Waals surface area contributed by atoms with Gasteiger partial charge in [-0.3, -0.25) is 10.2 Å². The van der Waals surface area contributed by atoms with Gasteiger partial charge in [0.1, 0.15) is 5.82 Å². The van der Waals surface area contributed by atoms with Gasteiger partial charge in [0.15, 0.2) is 5.16 Å². The van der Waals surface area contributed by atoms with Gasteiger partial charge in [0.05, 0.1) is 11.3 Å². The van der Waals surface area contributed by atoms with Crippen molar-refractivity contribution in [1.29, 1.82) is 0 Å². The Bertz CT molecular complexity index is 602. The summed E-state index contributed by atoms with van der Waals surface area (Å²) in [5.74, 6) is 5.82.